The van der Waals surface area contributed by atoms with E-state index in [0.717, 1.165) is 64.5 Å². The lowest BCUT2D eigenvalue weighted by Gasteiger charge is -2.40. The first-order valence-corrected chi connectivity index (χ1v) is 12.0. The number of hydrogen-bond acceptors (Lipinski definition) is 4. The number of ether oxygens (including phenoxy) is 1. The molecule has 0 unspecified atom stereocenters. The van der Waals surface area contributed by atoms with Crippen molar-refractivity contribution in [3.8, 4) is 5.75 Å². The smallest absolute Gasteiger partial charge is 0.257 e. The van der Waals surface area contributed by atoms with Gasteiger partial charge in [-0.25, -0.2) is 0 Å². The van der Waals surface area contributed by atoms with Crippen molar-refractivity contribution in [1.82, 2.24) is 14.7 Å². The fourth-order valence-electron chi connectivity index (χ4n) is 4.83. The standard InChI is InChI=1S/C25H39N3O3/c1-4-27-17-11-5-6-12-18-28(24(29)19-26(2)3)21-14-8-10-16-23(21)31-22-15-9-7-13-20(22)25(27)30/h7,9,13,15,21,23H,4-6,8,10-12,14,16-19H2,1-3H3/t21-,23+/m1/s1. The van der Waals surface area contributed by atoms with Gasteiger partial charge in [0.25, 0.3) is 5.91 Å². The molecule has 1 aliphatic carbocycles. The van der Waals surface area contributed by atoms with E-state index >= 15 is 0 Å². The molecule has 0 saturated heterocycles. The van der Waals surface area contributed by atoms with Crippen LogP contribution >= 0.6 is 0 Å². The molecule has 172 valence electrons. The number of carbonyl (C=O) groups excluding carboxylic acids is 2. The van der Waals surface area contributed by atoms with Gasteiger partial charge in [-0.3, -0.25) is 9.59 Å². The Balaban J connectivity index is 1.92. The van der Waals surface area contributed by atoms with Gasteiger partial charge in [0, 0.05) is 19.6 Å². The minimum Gasteiger partial charge on any atom is -0.487 e. The van der Waals surface area contributed by atoms with Gasteiger partial charge in [0.2, 0.25) is 5.91 Å². The molecule has 0 N–H and O–H groups in total. The number of nitrogens with zero attached hydrogens (tertiary/aromatic N) is 3. The highest BCUT2D eigenvalue weighted by Crippen LogP contribution is 2.30. The van der Waals surface area contributed by atoms with Crippen LogP contribution in [0.15, 0.2) is 24.3 Å². The monoisotopic (exact) mass is 429 g/mol. The predicted molar refractivity (Wildman–Crippen MR) is 123 cm³/mol. The number of hydrogen-bond donors (Lipinski definition) is 0. The van der Waals surface area contributed by atoms with Gasteiger partial charge in [0.05, 0.1) is 18.2 Å². The van der Waals surface area contributed by atoms with Crippen LogP contribution in [0.25, 0.3) is 0 Å². The zero-order valence-electron chi connectivity index (χ0n) is 19.5. The molecule has 6 heteroatoms. The highest BCUT2D eigenvalue weighted by molar-refractivity contribution is 5.97. The molecule has 0 radical (unpaired) electrons. The molecule has 1 aromatic carbocycles. The van der Waals surface area contributed by atoms with Gasteiger partial charge in [0.15, 0.2) is 0 Å². The summed E-state index contributed by atoms with van der Waals surface area (Å²) in [6.45, 7) is 4.71. The molecule has 2 amide bonds. The van der Waals surface area contributed by atoms with Gasteiger partial charge in [0.1, 0.15) is 11.9 Å². The molecule has 1 aliphatic heterocycles. The van der Waals surface area contributed by atoms with Crippen LogP contribution in [-0.4, -0.2) is 78.9 Å². The Bertz CT molecular complexity index is 736. The molecular weight excluding hydrogens is 390 g/mol. The summed E-state index contributed by atoms with van der Waals surface area (Å²) >= 11 is 0. The second kappa shape index (κ2) is 11.5. The fourth-order valence-corrected chi connectivity index (χ4v) is 4.83. The largest absolute Gasteiger partial charge is 0.487 e. The summed E-state index contributed by atoms with van der Waals surface area (Å²) in [4.78, 5) is 32.4. The van der Waals surface area contributed by atoms with Crippen molar-refractivity contribution >= 4 is 11.8 Å². The number of benzene rings is 1. The van der Waals surface area contributed by atoms with E-state index in [4.69, 9.17) is 4.74 Å². The maximum atomic E-state index is 13.3. The minimum atomic E-state index is -0.0770. The van der Waals surface area contributed by atoms with Crippen LogP contribution in [0.1, 0.15) is 68.6 Å². The summed E-state index contributed by atoms with van der Waals surface area (Å²) in [5.74, 6) is 0.877. The molecule has 0 aromatic heterocycles. The van der Waals surface area contributed by atoms with Crippen molar-refractivity contribution < 1.29 is 14.3 Å². The molecule has 31 heavy (non-hydrogen) atoms. The molecule has 1 aromatic rings. The van der Waals surface area contributed by atoms with Crippen molar-refractivity contribution in [2.75, 3.05) is 40.3 Å². The second-order valence-corrected chi connectivity index (χ2v) is 9.13. The molecule has 0 spiro atoms. The van der Waals surface area contributed by atoms with Crippen molar-refractivity contribution in [3.63, 3.8) is 0 Å². The summed E-state index contributed by atoms with van der Waals surface area (Å²) in [6, 6.07) is 7.68. The average molecular weight is 430 g/mol. The fraction of sp³-hybridized carbons (Fsp3) is 0.680. The first-order chi connectivity index (χ1) is 15.0. The molecule has 0 bridgehead atoms. The number of carbonyl (C=O) groups is 2. The highest BCUT2D eigenvalue weighted by atomic mass is 16.5. The number of likely N-dealkylation sites (N-methyl/N-ethyl adjacent to an activating group) is 1. The van der Waals surface area contributed by atoms with Crippen molar-refractivity contribution in [2.45, 2.75) is 70.4 Å². The zero-order valence-corrected chi connectivity index (χ0v) is 19.5. The van der Waals surface area contributed by atoms with Crippen LogP contribution in [0, 0.1) is 0 Å². The highest BCUT2D eigenvalue weighted by Gasteiger charge is 2.35. The third kappa shape index (κ3) is 6.22. The Kier molecular flexibility index (Phi) is 8.76. The zero-order chi connectivity index (χ0) is 22.2. The lowest BCUT2D eigenvalue weighted by atomic mass is 9.90. The van der Waals surface area contributed by atoms with E-state index in [2.05, 4.69) is 4.90 Å². The summed E-state index contributed by atoms with van der Waals surface area (Å²) < 4.78 is 6.54. The van der Waals surface area contributed by atoms with E-state index < -0.39 is 0 Å². The maximum Gasteiger partial charge on any atom is 0.257 e. The van der Waals surface area contributed by atoms with Crippen LogP contribution in [-0.2, 0) is 4.79 Å². The molecular formula is C25H39N3O3. The first kappa shape index (κ1) is 23.6. The van der Waals surface area contributed by atoms with E-state index in [9.17, 15) is 9.59 Å². The van der Waals surface area contributed by atoms with E-state index in [1.165, 1.54) is 0 Å². The molecule has 1 fully saturated rings. The topological polar surface area (TPSA) is 53.1 Å². The second-order valence-electron chi connectivity index (χ2n) is 9.13. The molecule has 2 aliphatic rings. The third-order valence-corrected chi connectivity index (χ3v) is 6.48. The van der Waals surface area contributed by atoms with Gasteiger partial charge in [-0.1, -0.05) is 31.4 Å². The van der Waals surface area contributed by atoms with Gasteiger partial charge < -0.3 is 19.4 Å². The summed E-state index contributed by atoms with van der Waals surface area (Å²) in [6.07, 6.45) is 8.13. The van der Waals surface area contributed by atoms with E-state index in [1.54, 1.807) is 0 Å². The average Bonchev–Trinajstić information content (AvgIpc) is 2.75. The van der Waals surface area contributed by atoms with E-state index in [0.29, 0.717) is 24.4 Å². The van der Waals surface area contributed by atoms with Gasteiger partial charge in [-0.2, -0.15) is 0 Å². The molecule has 2 atom stereocenters. The van der Waals surface area contributed by atoms with Crippen LogP contribution in [0.2, 0.25) is 0 Å². The maximum absolute atomic E-state index is 13.3. The normalized spacial score (nSPS) is 23.5. The molecule has 6 nitrogen and oxygen atoms in total. The van der Waals surface area contributed by atoms with Crippen LogP contribution < -0.4 is 4.74 Å². The number of rotatable bonds is 3. The SMILES string of the molecule is CCN1CCCCCCN(C(=O)CN(C)C)[C@@H]2CCCC[C@@H]2Oc2ccccc2C1=O. The molecule has 1 heterocycles. The number of para-hydroxylation sites is 1. The number of amides is 2. The van der Waals surface area contributed by atoms with Crippen LogP contribution in [0.3, 0.4) is 0 Å². The minimum absolute atomic E-state index is 0.0445. The lowest BCUT2D eigenvalue weighted by molar-refractivity contribution is -0.137. The van der Waals surface area contributed by atoms with Gasteiger partial charge in [-0.15, -0.1) is 0 Å². The predicted octanol–water partition coefficient (Wildman–Crippen LogP) is 3.80. The third-order valence-electron chi connectivity index (χ3n) is 6.48. The number of fused-ring (bicyclic) bond motifs is 2. The molecule has 3 rings (SSSR count). The van der Waals surface area contributed by atoms with Gasteiger partial charge >= 0.3 is 0 Å². The Morgan fingerprint density at radius 2 is 1.74 bits per heavy atom. The summed E-state index contributed by atoms with van der Waals surface area (Å²) in [7, 11) is 3.89. The van der Waals surface area contributed by atoms with Crippen molar-refractivity contribution in [2.24, 2.45) is 0 Å². The summed E-state index contributed by atoms with van der Waals surface area (Å²) in [5.41, 5.74) is 0.636. The van der Waals surface area contributed by atoms with Crippen molar-refractivity contribution in [3.05, 3.63) is 29.8 Å². The first-order valence-electron chi connectivity index (χ1n) is 12.0. The lowest BCUT2D eigenvalue weighted by Crippen LogP contribution is -2.53. The Morgan fingerprint density at radius 3 is 2.48 bits per heavy atom. The van der Waals surface area contributed by atoms with Gasteiger partial charge in [-0.05, 0) is 65.3 Å². The van der Waals surface area contributed by atoms with E-state index in [-0.39, 0.29) is 24.0 Å². The van der Waals surface area contributed by atoms with Crippen molar-refractivity contribution in [1.29, 1.82) is 0 Å². The summed E-state index contributed by atoms with van der Waals surface area (Å²) in [5, 5.41) is 0. The molecule has 1 saturated carbocycles. The Hall–Kier alpha value is -2.08. The quantitative estimate of drug-likeness (QED) is 0.733. The Labute approximate surface area is 187 Å². The van der Waals surface area contributed by atoms with Crippen LogP contribution in [0.4, 0.5) is 0 Å². The van der Waals surface area contributed by atoms with E-state index in [1.807, 2.05) is 55.1 Å². The Morgan fingerprint density at radius 1 is 1.03 bits per heavy atom. The van der Waals surface area contributed by atoms with Crippen LogP contribution in [0.5, 0.6) is 5.75 Å².